The van der Waals surface area contributed by atoms with Gasteiger partial charge < -0.3 is 23.9 Å². The van der Waals surface area contributed by atoms with E-state index in [2.05, 4.69) is 5.32 Å². The van der Waals surface area contributed by atoms with Crippen molar-refractivity contribution in [2.75, 3.05) is 26.6 Å². The number of anilines is 1. The number of nitrogens with one attached hydrogen (secondary N) is 1. The van der Waals surface area contributed by atoms with Crippen LogP contribution in [0.25, 0.3) is 27.7 Å². The van der Waals surface area contributed by atoms with E-state index in [-0.39, 0.29) is 5.91 Å². The maximum Gasteiger partial charge on any atom is 0.248 e. The zero-order valence-electron chi connectivity index (χ0n) is 20.8. The lowest BCUT2D eigenvalue weighted by atomic mass is 9.98. The number of carbonyl (C=O) groups excluding carboxylic acids is 1. The van der Waals surface area contributed by atoms with Crippen LogP contribution in [0.3, 0.4) is 0 Å². The van der Waals surface area contributed by atoms with Gasteiger partial charge in [0.15, 0.2) is 0 Å². The van der Waals surface area contributed by atoms with Crippen molar-refractivity contribution in [3.05, 3.63) is 77.6 Å². The number of rotatable bonds is 7. The lowest BCUT2D eigenvalue weighted by Gasteiger charge is -2.12. The number of carbonyl (C=O) groups is 1. The molecule has 1 heterocycles. The molecule has 0 aliphatic heterocycles. The van der Waals surface area contributed by atoms with Gasteiger partial charge in [0, 0.05) is 39.9 Å². The highest BCUT2D eigenvalue weighted by Crippen LogP contribution is 2.41. The number of amides is 1. The predicted molar refractivity (Wildman–Crippen MR) is 140 cm³/mol. The van der Waals surface area contributed by atoms with Gasteiger partial charge in [0.1, 0.15) is 22.8 Å². The molecule has 6 nitrogen and oxygen atoms in total. The van der Waals surface area contributed by atoms with Crippen LogP contribution in [0.4, 0.5) is 5.69 Å². The number of methoxy groups -OCH3 is 3. The van der Waals surface area contributed by atoms with Gasteiger partial charge in [0.2, 0.25) is 5.91 Å². The summed E-state index contributed by atoms with van der Waals surface area (Å²) in [4.78, 5) is 12.8. The van der Waals surface area contributed by atoms with Gasteiger partial charge in [-0.15, -0.1) is 0 Å². The first-order valence-corrected chi connectivity index (χ1v) is 11.2. The van der Waals surface area contributed by atoms with Crippen LogP contribution in [0.2, 0.25) is 0 Å². The van der Waals surface area contributed by atoms with Crippen molar-refractivity contribution < 1.29 is 23.4 Å². The van der Waals surface area contributed by atoms with E-state index in [1.807, 2.05) is 69.3 Å². The lowest BCUT2D eigenvalue weighted by Crippen LogP contribution is -2.10. The fraction of sp³-hybridized carbons (Fsp3) is 0.207. The number of furan rings is 1. The van der Waals surface area contributed by atoms with E-state index in [9.17, 15) is 4.79 Å². The second-order valence-corrected chi connectivity index (χ2v) is 8.40. The van der Waals surface area contributed by atoms with Crippen molar-refractivity contribution >= 4 is 28.1 Å². The summed E-state index contributed by atoms with van der Waals surface area (Å²) in [7, 11) is 4.85. The summed E-state index contributed by atoms with van der Waals surface area (Å²) in [6, 6.07) is 15.4. The molecule has 0 unspecified atom stereocenters. The lowest BCUT2D eigenvalue weighted by molar-refractivity contribution is -0.111. The first kappa shape index (κ1) is 24.0. The SMILES string of the molecule is COc1ccc(OC)c(-c2coc3cc(OC)c(/C(C)=C/C(=O)Nc4ccc(C)cc4C)cc23)c1. The molecule has 3 aromatic carbocycles. The standard InChI is InChI=1S/C29H29NO5/c1-17-7-9-25(19(3)11-17)30-29(31)12-18(2)21-14-23-24(16-35-28(23)15-27(21)34-6)22-13-20(32-4)8-10-26(22)33-5/h7-16H,1-6H3,(H,30,31)/b18-12+. The molecule has 0 bridgehead atoms. The zero-order chi connectivity index (χ0) is 25.1. The number of benzene rings is 3. The number of allylic oxidation sites excluding steroid dienone is 1. The van der Waals surface area contributed by atoms with Crippen molar-refractivity contribution in [3.8, 4) is 28.4 Å². The Kier molecular flexibility index (Phi) is 6.82. The highest BCUT2D eigenvalue weighted by atomic mass is 16.5. The van der Waals surface area contributed by atoms with Gasteiger partial charge in [-0.1, -0.05) is 17.7 Å². The van der Waals surface area contributed by atoms with Crippen LogP contribution in [-0.2, 0) is 4.79 Å². The smallest absolute Gasteiger partial charge is 0.248 e. The van der Waals surface area contributed by atoms with Crippen LogP contribution in [0, 0.1) is 13.8 Å². The molecule has 0 fully saturated rings. The Morgan fingerprint density at radius 3 is 2.34 bits per heavy atom. The van der Waals surface area contributed by atoms with Gasteiger partial charge in [0.25, 0.3) is 0 Å². The zero-order valence-corrected chi connectivity index (χ0v) is 20.8. The van der Waals surface area contributed by atoms with Crippen molar-refractivity contribution in [1.29, 1.82) is 0 Å². The second kappa shape index (κ2) is 9.97. The number of ether oxygens (including phenoxy) is 3. The first-order chi connectivity index (χ1) is 16.8. The molecule has 0 saturated heterocycles. The summed E-state index contributed by atoms with van der Waals surface area (Å²) in [6.45, 7) is 5.89. The predicted octanol–water partition coefficient (Wildman–Crippen LogP) is 6.78. The summed E-state index contributed by atoms with van der Waals surface area (Å²) in [5.41, 5.74) is 6.86. The van der Waals surface area contributed by atoms with E-state index >= 15 is 0 Å². The molecular weight excluding hydrogens is 442 g/mol. The minimum absolute atomic E-state index is 0.210. The summed E-state index contributed by atoms with van der Waals surface area (Å²) < 4.78 is 22.5. The number of fused-ring (bicyclic) bond motifs is 1. The normalized spacial score (nSPS) is 11.4. The van der Waals surface area contributed by atoms with Crippen LogP contribution in [-0.4, -0.2) is 27.2 Å². The molecule has 4 rings (SSSR count). The molecular formula is C29H29NO5. The Labute approximate surface area is 205 Å². The van der Waals surface area contributed by atoms with Crippen LogP contribution in [0.1, 0.15) is 23.6 Å². The third kappa shape index (κ3) is 4.87. The summed E-state index contributed by atoms with van der Waals surface area (Å²) >= 11 is 0. The van der Waals surface area contributed by atoms with Crippen molar-refractivity contribution in [2.45, 2.75) is 20.8 Å². The molecule has 0 atom stereocenters. The van der Waals surface area contributed by atoms with Crippen LogP contribution < -0.4 is 19.5 Å². The average molecular weight is 472 g/mol. The molecule has 1 N–H and O–H groups in total. The molecule has 0 radical (unpaired) electrons. The number of hydrogen-bond acceptors (Lipinski definition) is 5. The summed E-state index contributed by atoms with van der Waals surface area (Å²) in [5.74, 6) is 1.82. The fourth-order valence-corrected chi connectivity index (χ4v) is 4.16. The highest BCUT2D eigenvalue weighted by molar-refractivity contribution is 6.06. The molecule has 180 valence electrons. The Balaban J connectivity index is 1.75. The fourth-order valence-electron chi connectivity index (χ4n) is 4.16. The Bertz CT molecular complexity index is 1430. The molecule has 1 amide bonds. The van der Waals surface area contributed by atoms with E-state index in [1.165, 1.54) is 0 Å². The molecule has 0 aliphatic carbocycles. The quantitative estimate of drug-likeness (QED) is 0.301. The second-order valence-electron chi connectivity index (χ2n) is 8.40. The van der Waals surface area contributed by atoms with Gasteiger partial charge >= 0.3 is 0 Å². The van der Waals surface area contributed by atoms with Crippen molar-refractivity contribution in [1.82, 2.24) is 0 Å². The van der Waals surface area contributed by atoms with Crippen molar-refractivity contribution in [3.63, 3.8) is 0 Å². The molecule has 4 aromatic rings. The Hall–Kier alpha value is -4.19. The summed E-state index contributed by atoms with van der Waals surface area (Å²) in [5, 5.41) is 3.84. The van der Waals surface area contributed by atoms with Gasteiger partial charge in [0.05, 0.1) is 27.6 Å². The van der Waals surface area contributed by atoms with E-state index in [0.717, 1.165) is 44.5 Å². The third-order valence-corrected chi connectivity index (χ3v) is 6.00. The molecule has 0 saturated carbocycles. The molecule has 35 heavy (non-hydrogen) atoms. The molecule has 0 spiro atoms. The van der Waals surface area contributed by atoms with E-state index in [0.29, 0.717) is 22.8 Å². The largest absolute Gasteiger partial charge is 0.497 e. The molecule has 1 aromatic heterocycles. The van der Waals surface area contributed by atoms with Gasteiger partial charge in [-0.05, 0) is 62.2 Å². The maximum absolute atomic E-state index is 12.8. The number of hydrogen-bond donors (Lipinski definition) is 1. The molecule has 6 heteroatoms. The maximum atomic E-state index is 12.8. The van der Waals surface area contributed by atoms with Crippen LogP contribution in [0.15, 0.2) is 65.3 Å². The highest BCUT2D eigenvalue weighted by Gasteiger charge is 2.18. The number of aryl methyl sites for hydroxylation is 2. The monoisotopic (exact) mass is 471 g/mol. The van der Waals surface area contributed by atoms with Crippen LogP contribution >= 0.6 is 0 Å². The van der Waals surface area contributed by atoms with Crippen LogP contribution in [0.5, 0.6) is 17.2 Å². The van der Waals surface area contributed by atoms with E-state index in [4.69, 9.17) is 18.6 Å². The average Bonchev–Trinajstić information content (AvgIpc) is 3.27. The third-order valence-electron chi connectivity index (χ3n) is 6.00. The van der Waals surface area contributed by atoms with Gasteiger partial charge in [-0.3, -0.25) is 4.79 Å². The van der Waals surface area contributed by atoms with Gasteiger partial charge in [-0.2, -0.15) is 0 Å². The Morgan fingerprint density at radius 1 is 0.886 bits per heavy atom. The summed E-state index contributed by atoms with van der Waals surface area (Å²) in [6.07, 6.45) is 3.27. The minimum atomic E-state index is -0.210. The minimum Gasteiger partial charge on any atom is -0.497 e. The Morgan fingerprint density at radius 2 is 1.66 bits per heavy atom. The van der Waals surface area contributed by atoms with E-state index < -0.39 is 0 Å². The van der Waals surface area contributed by atoms with Gasteiger partial charge in [-0.25, -0.2) is 0 Å². The molecule has 0 aliphatic rings. The first-order valence-electron chi connectivity index (χ1n) is 11.2. The van der Waals surface area contributed by atoms with E-state index in [1.54, 1.807) is 33.7 Å². The van der Waals surface area contributed by atoms with Crippen molar-refractivity contribution in [2.24, 2.45) is 0 Å². The topological polar surface area (TPSA) is 69.9 Å².